The van der Waals surface area contributed by atoms with E-state index in [1.165, 1.54) is 22.9 Å². The van der Waals surface area contributed by atoms with Crippen LogP contribution in [0.5, 0.6) is 0 Å². The second-order valence-corrected chi connectivity index (χ2v) is 5.59. The van der Waals surface area contributed by atoms with Gasteiger partial charge in [-0.05, 0) is 48.4 Å². The average Bonchev–Trinajstić information content (AvgIpc) is 2.84. The second-order valence-electron chi connectivity index (χ2n) is 4.59. The molecule has 2 nitrogen and oxygen atoms in total. The minimum absolute atomic E-state index is 0.208. The van der Waals surface area contributed by atoms with E-state index >= 15 is 0 Å². The number of aryl methyl sites for hydroxylation is 1. The number of nitrogens with one attached hydrogen (secondary N) is 1. The molecular weight excluding hydrogens is 247 g/mol. The minimum atomic E-state index is -0.360. The molecule has 1 unspecified atom stereocenters. The first-order valence-electron chi connectivity index (χ1n) is 6.12. The first-order valence-corrected chi connectivity index (χ1v) is 7.00. The van der Waals surface area contributed by atoms with Crippen molar-refractivity contribution in [1.82, 2.24) is 0 Å². The molecule has 1 aliphatic rings. The van der Waals surface area contributed by atoms with Crippen LogP contribution in [0.1, 0.15) is 29.3 Å². The van der Waals surface area contributed by atoms with Gasteiger partial charge in [0.15, 0.2) is 0 Å². The van der Waals surface area contributed by atoms with E-state index in [1.807, 2.05) is 6.07 Å². The third-order valence-corrected chi connectivity index (χ3v) is 4.43. The number of rotatable bonds is 2. The molecule has 0 fully saturated rings. The van der Waals surface area contributed by atoms with Crippen LogP contribution in [0, 0.1) is 5.82 Å². The monoisotopic (exact) mass is 262 g/mol. The van der Waals surface area contributed by atoms with E-state index in [0.717, 1.165) is 12.8 Å². The number of hydrogen-bond donors (Lipinski definition) is 2. The van der Waals surface area contributed by atoms with Gasteiger partial charge in [-0.1, -0.05) is 6.07 Å². The summed E-state index contributed by atoms with van der Waals surface area (Å²) in [5.74, 6) is -0.360. The van der Waals surface area contributed by atoms with Crippen LogP contribution in [0.15, 0.2) is 29.6 Å². The predicted molar refractivity (Wildman–Crippen MR) is 74.4 cm³/mol. The highest BCUT2D eigenvalue weighted by atomic mass is 32.1. The van der Waals surface area contributed by atoms with E-state index in [1.54, 1.807) is 17.4 Å². The topological polar surface area (TPSA) is 38.0 Å². The maximum absolute atomic E-state index is 13.4. The van der Waals surface area contributed by atoms with Crippen molar-refractivity contribution in [3.8, 4) is 0 Å². The molecule has 0 amide bonds. The molecule has 1 aromatic heterocycles. The van der Waals surface area contributed by atoms with Gasteiger partial charge < -0.3 is 11.1 Å². The molecule has 1 atom stereocenters. The lowest BCUT2D eigenvalue weighted by Crippen LogP contribution is -2.16. The van der Waals surface area contributed by atoms with E-state index < -0.39 is 0 Å². The van der Waals surface area contributed by atoms with Crippen molar-refractivity contribution in [1.29, 1.82) is 0 Å². The van der Waals surface area contributed by atoms with E-state index in [0.29, 0.717) is 5.69 Å². The second kappa shape index (κ2) is 4.61. The maximum atomic E-state index is 13.4. The molecule has 1 aromatic carbocycles. The van der Waals surface area contributed by atoms with Crippen molar-refractivity contribution in [2.45, 2.75) is 25.3 Å². The zero-order valence-electron chi connectivity index (χ0n) is 9.95. The smallest absolute Gasteiger partial charge is 0.148 e. The Bertz CT molecular complexity index is 565. The van der Waals surface area contributed by atoms with Crippen molar-refractivity contribution in [2.24, 2.45) is 0 Å². The zero-order chi connectivity index (χ0) is 12.5. The lowest BCUT2D eigenvalue weighted by molar-refractivity contribution is 0.606. The molecule has 0 spiro atoms. The zero-order valence-corrected chi connectivity index (χ0v) is 10.8. The number of anilines is 2. The molecule has 1 heterocycles. The molecule has 94 valence electrons. The molecule has 0 saturated carbocycles. The lowest BCUT2D eigenvalue weighted by Gasteiger charge is -2.25. The molecule has 0 saturated heterocycles. The molecule has 3 rings (SSSR count). The normalized spacial score (nSPS) is 18.4. The van der Waals surface area contributed by atoms with Crippen molar-refractivity contribution in [3.05, 3.63) is 45.9 Å². The third kappa shape index (κ3) is 1.97. The fraction of sp³-hybridized carbons (Fsp3) is 0.286. The van der Waals surface area contributed by atoms with Gasteiger partial charge in [0.05, 0.1) is 17.4 Å². The van der Waals surface area contributed by atoms with Gasteiger partial charge in [-0.15, -0.1) is 11.3 Å². The van der Waals surface area contributed by atoms with Gasteiger partial charge >= 0.3 is 0 Å². The molecule has 0 bridgehead atoms. The molecule has 3 N–H and O–H groups in total. The molecule has 18 heavy (non-hydrogen) atoms. The fourth-order valence-corrected chi connectivity index (χ4v) is 3.47. The molecule has 1 aliphatic carbocycles. The number of thiophene rings is 1. The summed E-state index contributed by atoms with van der Waals surface area (Å²) in [4.78, 5) is 1.44. The van der Waals surface area contributed by atoms with Crippen LogP contribution in [0.3, 0.4) is 0 Å². The van der Waals surface area contributed by atoms with Gasteiger partial charge in [0.2, 0.25) is 0 Å². The van der Waals surface area contributed by atoms with Gasteiger partial charge in [-0.3, -0.25) is 0 Å². The Morgan fingerprint density at radius 2 is 2.22 bits per heavy atom. The highest BCUT2D eigenvalue weighted by molar-refractivity contribution is 7.10. The van der Waals surface area contributed by atoms with Crippen molar-refractivity contribution in [3.63, 3.8) is 0 Å². The predicted octanol–water partition coefficient (Wildman–Crippen LogP) is 3.96. The molecule has 2 aromatic rings. The van der Waals surface area contributed by atoms with Gasteiger partial charge in [0.25, 0.3) is 0 Å². The number of halogens is 1. The Hall–Kier alpha value is -1.55. The molecule has 0 radical (unpaired) electrons. The third-order valence-electron chi connectivity index (χ3n) is 3.43. The maximum Gasteiger partial charge on any atom is 0.148 e. The number of para-hydroxylation sites is 1. The number of nitrogen functional groups attached to an aromatic ring is 1. The summed E-state index contributed by atoms with van der Waals surface area (Å²) in [6.07, 6.45) is 3.39. The van der Waals surface area contributed by atoms with Crippen LogP contribution >= 0.6 is 11.3 Å². The van der Waals surface area contributed by atoms with Crippen LogP contribution in [-0.2, 0) is 6.42 Å². The summed E-state index contributed by atoms with van der Waals surface area (Å²) in [5.41, 5.74) is 8.00. The Labute approximate surface area is 110 Å². The summed E-state index contributed by atoms with van der Waals surface area (Å²) < 4.78 is 13.4. The molecule has 0 aliphatic heterocycles. The first-order chi connectivity index (χ1) is 8.75. The Kier molecular flexibility index (Phi) is 2.96. The van der Waals surface area contributed by atoms with Gasteiger partial charge in [0, 0.05) is 4.88 Å². The van der Waals surface area contributed by atoms with Crippen molar-refractivity contribution in [2.75, 3.05) is 11.1 Å². The highest BCUT2D eigenvalue weighted by Crippen LogP contribution is 2.36. The van der Waals surface area contributed by atoms with E-state index in [9.17, 15) is 4.39 Å². The average molecular weight is 262 g/mol. The van der Waals surface area contributed by atoms with Crippen LogP contribution in [0.4, 0.5) is 15.8 Å². The molecule has 4 heteroatoms. The largest absolute Gasteiger partial charge is 0.395 e. The number of nitrogens with two attached hydrogens (primary N) is 1. The summed E-state index contributed by atoms with van der Waals surface area (Å²) in [6, 6.07) is 7.32. The number of hydrogen-bond acceptors (Lipinski definition) is 3. The first kappa shape index (κ1) is 11.5. The Morgan fingerprint density at radius 1 is 1.33 bits per heavy atom. The van der Waals surface area contributed by atoms with Gasteiger partial charge in [-0.2, -0.15) is 0 Å². The Morgan fingerprint density at radius 3 is 3.11 bits per heavy atom. The minimum Gasteiger partial charge on any atom is -0.395 e. The van der Waals surface area contributed by atoms with Crippen molar-refractivity contribution >= 4 is 22.7 Å². The standard InChI is InChI=1S/C14H15FN2S/c15-10-3-1-5-12(14(10)16)17-11-4-2-6-13-9(11)7-8-18-13/h1,3,5,7-8,11,17H,2,4,6,16H2. The highest BCUT2D eigenvalue weighted by Gasteiger charge is 2.21. The molecular formula is C14H15FN2S. The Balaban J connectivity index is 1.88. The van der Waals surface area contributed by atoms with Crippen LogP contribution in [-0.4, -0.2) is 0 Å². The van der Waals surface area contributed by atoms with E-state index in [-0.39, 0.29) is 17.5 Å². The number of benzene rings is 1. The summed E-state index contributed by atoms with van der Waals surface area (Å²) in [6.45, 7) is 0. The quantitative estimate of drug-likeness (QED) is 0.804. The number of fused-ring (bicyclic) bond motifs is 1. The van der Waals surface area contributed by atoms with Gasteiger partial charge in [-0.25, -0.2) is 4.39 Å². The van der Waals surface area contributed by atoms with Crippen LogP contribution in [0.2, 0.25) is 0 Å². The van der Waals surface area contributed by atoms with E-state index in [2.05, 4.69) is 16.8 Å². The lowest BCUT2D eigenvalue weighted by atomic mass is 9.94. The summed E-state index contributed by atoms with van der Waals surface area (Å²) in [7, 11) is 0. The summed E-state index contributed by atoms with van der Waals surface area (Å²) in [5, 5.41) is 5.50. The van der Waals surface area contributed by atoms with Gasteiger partial charge in [0.1, 0.15) is 5.82 Å². The van der Waals surface area contributed by atoms with Crippen molar-refractivity contribution < 1.29 is 4.39 Å². The summed E-state index contributed by atoms with van der Waals surface area (Å²) >= 11 is 1.80. The SMILES string of the molecule is Nc1c(F)cccc1NC1CCCc2sccc21. The fourth-order valence-electron chi connectivity index (χ4n) is 2.49. The van der Waals surface area contributed by atoms with E-state index in [4.69, 9.17) is 5.73 Å². The van der Waals surface area contributed by atoms with Crippen LogP contribution < -0.4 is 11.1 Å². The van der Waals surface area contributed by atoms with Crippen LogP contribution in [0.25, 0.3) is 0 Å².